The molecular weight excluding hydrogens is 334 g/mol. The van der Waals surface area contributed by atoms with Crippen LogP contribution in [0.2, 0.25) is 0 Å². The summed E-state index contributed by atoms with van der Waals surface area (Å²) in [5, 5.41) is 5.36. The number of ether oxygens (including phenoxy) is 2. The van der Waals surface area contributed by atoms with Gasteiger partial charge in [-0.15, -0.1) is 6.58 Å². The predicted octanol–water partition coefficient (Wildman–Crippen LogP) is 1.81. The van der Waals surface area contributed by atoms with Gasteiger partial charge < -0.3 is 20.1 Å². The van der Waals surface area contributed by atoms with Gasteiger partial charge in [-0.1, -0.05) is 6.08 Å². The van der Waals surface area contributed by atoms with Gasteiger partial charge in [0.15, 0.2) is 0 Å². The van der Waals surface area contributed by atoms with Gasteiger partial charge in [-0.3, -0.25) is 14.6 Å². The van der Waals surface area contributed by atoms with Crippen molar-refractivity contribution in [3.63, 3.8) is 0 Å². The average molecular weight is 355 g/mol. The van der Waals surface area contributed by atoms with Crippen molar-refractivity contribution >= 4 is 11.8 Å². The van der Waals surface area contributed by atoms with Crippen molar-refractivity contribution < 1.29 is 19.1 Å². The standard InChI is InChI=1S/C19H21N3O4/c1-3-8-21-18(23)14-11-15(13-20-12-14)19(24)22-9-10-26-17-6-4-16(25-2)5-7-17/h3-7,11-13H,1,8-10H2,2H3,(H,21,23)(H,22,24). The maximum atomic E-state index is 12.2. The van der Waals surface area contributed by atoms with Gasteiger partial charge >= 0.3 is 0 Å². The average Bonchev–Trinajstić information content (AvgIpc) is 2.69. The minimum atomic E-state index is -0.325. The van der Waals surface area contributed by atoms with Gasteiger partial charge in [0, 0.05) is 18.9 Å². The number of carbonyl (C=O) groups is 2. The summed E-state index contributed by atoms with van der Waals surface area (Å²) < 4.78 is 10.6. The second-order valence-electron chi connectivity index (χ2n) is 5.24. The molecule has 0 aliphatic carbocycles. The molecule has 2 N–H and O–H groups in total. The van der Waals surface area contributed by atoms with Crippen LogP contribution in [-0.2, 0) is 0 Å². The Hall–Kier alpha value is -3.35. The molecule has 2 amide bonds. The molecule has 0 saturated heterocycles. The normalized spacial score (nSPS) is 9.88. The zero-order chi connectivity index (χ0) is 18.8. The summed E-state index contributed by atoms with van der Waals surface area (Å²) in [6, 6.07) is 8.65. The van der Waals surface area contributed by atoms with Gasteiger partial charge in [0.05, 0.1) is 24.8 Å². The van der Waals surface area contributed by atoms with E-state index in [0.717, 1.165) is 5.75 Å². The van der Waals surface area contributed by atoms with Crippen LogP contribution in [0.15, 0.2) is 55.4 Å². The summed E-state index contributed by atoms with van der Waals surface area (Å²) in [4.78, 5) is 28.0. The van der Waals surface area contributed by atoms with Gasteiger partial charge in [-0.25, -0.2) is 0 Å². The number of hydrogen-bond acceptors (Lipinski definition) is 5. The maximum Gasteiger partial charge on any atom is 0.253 e. The van der Waals surface area contributed by atoms with Crippen molar-refractivity contribution in [3.05, 3.63) is 66.5 Å². The molecule has 0 atom stereocenters. The number of pyridine rings is 1. The fraction of sp³-hybridized carbons (Fsp3) is 0.211. The number of carbonyl (C=O) groups excluding carboxylic acids is 2. The topological polar surface area (TPSA) is 89.6 Å². The number of nitrogens with zero attached hydrogens (tertiary/aromatic N) is 1. The van der Waals surface area contributed by atoms with Gasteiger partial charge in [0.2, 0.25) is 0 Å². The third-order valence-corrected chi connectivity index (χ3v) is 3.39. The number of benzene rings is 1. The van der Waals surface area contributed by atoms with Crippen LogP contribution < -0.4 is 20.1 Å². The molecule has 2 rings (SSSR count). The number of methoxy groups -OCH3 is 1. The summed E-state index contributed by atoms with van der Waals surface area (Å²) in [6.07, 6.45) is 4.39. The van der Waals surface area contributed by atoms with Gasteiger partial charge in [0.25, 0.3) is 11.8 Å². The summed E-state index contributed by atoms with van der Waals surface area (Å²) in [5.41, 5.74) is 0.620. The second kappa shape index (κ2) is 9.83. The maximum absolute atomic E-state index is 12.2. The van der Waals surface area contributed by atoms with Crippen LogP contribution in [0.3, 0.4) is 0 Å². The molecule has 1 heterocycles. The van der Waals surface area contributed by atoms with E-state index in [-0.39, 0.29) is 11.8 Å². The third kappa shape index (κ3) is 5.62. The molecule has 0 radical (unpaired) electrons. The lowest BCUT2D eigenvalue weighted by atomic mass is 10.2. The highest BCUT2D eigenvalue weighted by Gasteiger charge is 2.10. The largest absolute Gasteiger partial charge is 0.497 e. The molecule has 136 valence electrons. The molecule has 0 unspecified atom stereocenters. The van der Waals surface area contributed by atoms with Gasteiger partial charge in [-0.05, 0) is 30.3 Å². The Morgan fingerprint density at radius 1 is 1.08 bits per heavy atom. The van der Waals surface area contributed by atoms with E-state index in [1.54, 1.807) is 37.5 Å². The molecule has 7 heteroatoms. The van der Waals surface area contributed by atoms with Crippen molar-refractivity contribution in [2.24, 2.45) is 0 Å². The highest BCUT2D eigenvalue weighted by Crippen LogP contribution is 2.16. The molecule has 0 bridgehead atoms. The first-order valence-electron chi connectivity index (χ1n) is 8.03. The number of aromatic nitrogens is 1. The van der Waals surface area contributed by atoms with Crippen LogP contribution in [0.4, 0.5) is 0 Å². The molecule has 0 fully saturated rings. The number of amides is 2. The molecule has 0 saturated carbocycles. The Kier molecular flexibility index (Phi) is 7.17. The minimum absolute atomic E-state index is 0.306. The first-order chi connectivity index (χ1) is 12.6. The van der Waals surface area contributed by atoms with Gasteiger partial charge in [-0.2, -0.15) is 0 Å². The van der Waals surface area contributed by atoms with Crippen LogP contribution in [0.5, 0.6) is 11.5 Å². The van der Waals surface area contributed by atoms with E-state index in [4.69, 9.17) is 9.47 Å². The highest BCUT2D eigenvalue weighted by molar-refractivity contribution is 5.99. The molecule has 0 aliphatic heterocycles. The summed E-state index contributed by atoms with van der Waals surface area (Å²) >= 11 is 0. The number of rotatable bonds is 9. The Morgan fingerprint density at radius 2 is 1.69 bits per heavy atom. The minimum Gasteiger partial charge on any atom is -0.497 e. The highest BCUT2D eigenvalue weighted by atomic mass is 16.5. The molecular formula is C19H21N3O4. The van der Waals surface area contributed by atoms with E-state index < -0.39 is 0 Å². The monoisotopic (exact) mass is 355 g/mol. The summed E-state index contributed by atoms with van der Waals surface area (Å²) in [5.74, 6) is 0.793. The molecule has 0 spiro atoms. The zero-order valence-electron chi connectivity index (χ0n) is 14.5. The van der Waals surface area contributed by atoms with E-state index in [9.17, 15) is 9.59 Å². The van der Waals surface area contributed by atoms with Crippen molar-refractivity contribution in [2.45, 2.75) is 0 Å². The third-order valence-electron chi connectivity index (χ3n) is 3.39. The first-order valence-corrected chi connectivity index (χ1v) is 8.03. The fourth-order valence-electron chi connectivity index (χ4n) is 2.06. The smallest absolute Gasteiger partial charge is 0.253 e. The van der Waals surface area contributed by atoms with E-state index in [2.05, 4.69) is 22.2 Å². The Bertz CT molecular complexity index is 760. The van der Waals surface area contributed by atoms with E-state index in [1.165, 1.54) is 18.5 Å². The quantitative estimate of drug-likeness (QED) is 0.529. The van der Waals surface area contributed by atoms with Crippen molar-refractivity contribution in [2.75, 3.05) is 26.8 Å². The molecule has 26 heavy (non-hydrogen) atoms. The van der Waals surface area contributed by atoms with E-state index >= 15 is 0 Å². The van der Waals surface area contributed by atoms with Crippen LogP contribution >= 0.6 is 0 Å². The van der Waals surface area contributed by atoms with Crippen molar-refractivity contribution in [1.29, 1.82) is 0 Å². The number of nitrogens with one attached hydrogen (secondary N) is 2. The second-order valence-corrected chi connectivity index (χ2v) is 5.24. The summed E-state index contributed by atoms with van der Waals surface area (Å²) in [6.45, 7) is 4.50. The first kappa shape index (κ1) is 19.0. The molecule has 2 aromatic rings. The van der Waals surface area contributed by atoms with E-state index in [0.29, 0.717) is 36.6 Å². The molecule has 7 nitrogen and oxygen atoms in total. The number of hydrogen-bond donors (Lipinski definition) is 2. The Morgan fingerprint density at radius 3 is 2.31 bits per heavy atom. The van der Waals surface area contributed by atoms with Gasteiger partial charge in [0.1, 0.15) is 18.1 Å². The summed E-state index contributed by atoms with van der Waals surface area (Å²) in [7, 11) is 1.60. The van der Waals surface area contributed by atoms with Crippen LogP contribution in [-0.4, -0.2) is 43.6 Å². The predicted molar refractivity (Wildman–Crippen MR) is 97.6 cm³/mol. The lowest BCUT2D eigenvalue weighted by molar-refractivity contribution is 0.0946. The zero-order valence-corrected chi connectivity index (χ0v) is 14.5. The van der Waals surface area contributed by atoms with Crippen molar-refractivity contribution in [3.8, 4) is 11.5 Å². The van der Waals surface area contributed by atoms with Crippen molar-refractivity contribution in [1.82, 2.24) is 15.6 Å². The fourth-order valence-corrected chi connectivity index (χ4v) is 2.06. The van der Waals surface area contributed by atoms with E-state index in [1.807, 2.05) is 0 Å². The molecule has 1 aromatic carbocycles. The Balaban J connectivity index is 1.81. The van der Waals surface area contributed by atoms with Crippen LogP contribution in [0, 0.1) is 0 Å². The van der Waals surface area contributed by atoms with Crippen LogP contribution in [0.1, 0.15) is 20.7 Å². The molecule has 1 aromatic heterocycles. The SMILES string of the molecule is C=CCNC(=O)c1cncc(C(=O)NCCOc2ccc(OC)cc2)c1. The lowest BCUT2D eigenvalue weighted by Crippen LogP contribution is -2.29. The lowest BCUT2D eigenvalue weighted by Gasteiger charge is -2.09. The molecule has 0 aliphatic rings. The van der Waals surface area contributed by atoms with Crippen LogP contribution in [0.25, 0.3) is 0 Å². The Labute approximate surface area is 152 Å².